The van der Waals surface area contributed by atoms with Crippen LogP contribution in [0.5, 0.6) is 5.75 Å². The molecule has 0 amide bonds. The number of hydrogen-bond donors (Lipinski definition) is 2. The summed E-state index contributed by atoms with van der Waals surface area (Å²) in [7, 11) is 0. The molecule has 1 saturated heterocycles. The van der Waals surface area contributed by atoms with Crippen molar-refractivity contribution in [3.8, 4) is 5.75 Å². The van der Waals surface area contributed by atoms with Gasteiger partial charge in [0.25, 0.3) is 0 Å². The van der Waals surface area contributed by atoms with Gasteiger partial charge in [-0.2, -0.15) is 0 Å². The third-order valence-electron chi connectivity index (χ3n) is 3.72. The van der Waals surface area contributed by atoms with Gasteiger partial charge in [0.05, 0.1) is 17.1 Å². The maximum Gasteiger partial charge on any atom is 0.124 e. The third-order valence-corrected chi connectivity index (χ3v) is 4.21. The molecule has 20 heavy (non-hydrogen) atoms. The molecule has 110 valence electrons. The standard InChI is InChI=1S/C16H23BrN2O/c1-15(2)8-13(9-16(3,4)19-15)18-10-11-7-12(17)5-6-14(11)20/h5-7,10,13,19-20H,8-9H2,1-4H3/p+1. The van der Waals surface area contributed by atoms with E-state index in [0.717, 1.165) is 22.9 Å². The molecule has 1 aliphatic heterocycles. The second-order valence-corrected chi connectivity index (χ2v) is 8.08. The SMILES string of the molecule is CC1(C)CC(N=Cc2cc(Br)ccc2O)CC(C)(C)[NH2+]1. The smallest absolute Gasteiger partial charge is 0.124 e. The van der Waals surface area contributed by atoms with Crippen molar-refractivity contribution in [1.29, 1.82) is 0 Å². The molecule has 0 atom stereocenters. The van der Waals surface area contributed by atoms with Gasteiger partial charge < -0.3 is 10.4 Å². The molecule has 0 aromatic heterocycles. The number of phenols is 1. The number of rotatable bonds is 2. The van der Waals surface area contributed by atoms with E-state index < -0.39 is 0 Å². The van der Waals surface area contributed by atoms with Crippen molar-refractivity contribution in [2.45, 2.75) is 57.7 Å². The largest absolute Gasteiger partial charge is 0.507 e. The lowest BCUT2D eigenvalue weighted by molar-refractivity contribution is -0.787. The normalized spacial score (nSPS) is 22.2. The number of aromatic hydroxyl groups is 1. The number of piperidine rings is 1. The van der Waals surface area contributed by atoms with E-state index in [-0.39, 0.29) is 16.8 Å². The lowest BCUT2D eigenvalue weighted by Crippen LogP contribution is -3.05. The highest BCUT2D eigenvalue weighted by atomic mass is 79.9. The van der Waals surface area contributed by atoms with E-state index in [1.807, 2.05) is 18.3 Å². The number of nitrogens with zero attached hydrogens (tertiary/aromatic N) is 1. The predicted octanol–water partition coefficient (Wildman–Crippen LogP) is 2.86. The number of phenolic OH excluding ortho intramolecular Hbond substituents is 1. The summed E-state index contributed by atoms with van der Waals surface area (Å²) in [6.45, 7) is 9.08. The van der Waals surface area contributed by atoms with Crippen LogP contribution in [-0.2, 0) is 0 Å². The molecule has 3 nitrogen and oxygen atoms in total. The Morgan fingerprint density at radius 2 is 1.85 bits per heavy atom. The minimum absolute atomic E-state index is 0.211. The van der Waals surface area contributed by atoms with Crippen molar-refractivity contribution in [1.82, 2.24) is 0 Å². The van der Waals surface area contributed by atoms with Gasteiger partial charge >= 0.3 is 0 Å². The average Bonchev–Trinajstić information content (AvgIpc) is 2.26. The second-order valence-electron chi connectivity index (χ2n) is 7.16. The van der Waals surface area contributed by atoms with Crippen LogP contribution in [0.3, 0.4) is 0 Å². The molecule has 3 N–H and O–H groups in total. The number of hydrogen-bond acceptors (Lipinski definition) is 2. The number of quaternary nitrogens is 1. The average molecular weight is 340 g/mol. The van der Waals surface area contributed by atoms with E-state index in [2.05, 4.69) is 48.9 Å². The van der Waals surface area contributed by atoms with Gasteiger partial charge in [-0.05, 0) is 45.9 Å². The van der Waals surface area contributed by atoms with Crippen LogP contribution in [0.25, 0.3) is 0 Å². The Hall–Kier alpha value is -0.870. The molecule has 0 saturated carbocycles. The minimum atomic E-state index is 0.211. The molecule has 0 spiro atoms. The van der Waals surface area contributed by atoms with E-state index in [1.54, 1.807) is 6.07 Å². The zero-order chi connectivity index (χ0) is 15.0. The first-order chi connectivity index (χ1) is 9.17. The summed E-state index contributed by atoms with van der Waals surface area (Å²) in [6, 6.07) is 5.72. The second kappa shape index (κ2) is 5.49. The third kappa shape index (κ3) is 4.06. The van der Waals surface area contributed by atoms with E-state index in [4.69, 9.17) is 4.99 Å². The van der Waals surface area contributed by atoms with Crippen molar-refractivity contribution >= 4 is 22.1 Å². The van der Waals surface area contributed by atoms with E-state index >= 15 is 0 Å². The fourth-order valence-corrected chi connectivity index (χ4v) is 3.76. The predicted molar refractivity (Wildman–Crippen MR) is 86.5 cm³/mol. The fourth-order valence-electron chi connectivity index (χ4n) is 3.38. The van der Waals surface area contributed by atoms with Crippen molar-refractivity contribution in [3.05, 3.63) is 28.2 Å². The van der Waals surface area contributed by atoms with Crippen LogP contribution in [0.4, 0.5) is 0 Å². The Bertz CT molecular complexity index is 507. The molecule has 1 aromatic carbocycles. The van der Waals surface area contributed by atoms with Gasteiger partial charge in [-0.1, -0.05) is 15.9 Å². The summed E-state index contributed by atoms with van der Waals surface area (Å²) >= 11 is 3.42. The highest BCUT2D eigenvalue weighted by Crippen LogP contribution is 2.25. The number of benzene rings is 1. The first kappa shape index (κ1) is 15.5. The monoisotopic (exact) mass is 339 g/mol. The van der Waals surface area contributed by atoms with Gasteiger partial charge in [-0.15, -0.1) is 0 Å². The molecule has 0 bridgehead atoms. The molecule has 1 aromatic rings. The van der Waals surface area contributed by atoms with Gasteiger partial charge in [0, 0.05) is 29.1 Å². The van der Waals surface area contributed by atoms with Crippen LogP contribution in [-0.4, -0.2) is 28.4 Å². The Morgan fingerprint density at radius 3 is 2.45 bits per heavy atom. The summed E-state index contributed by atoms with van der Waals surface area (Å²) in [6.07, 6.45) is 3.92. The maximum atomic E-state index is 9.85. The molecule has 0 radical (unpaired) electrons. The summed E-state index contributed by atoms with van der Waals surface area (Å²) in [5.41, 5.74) is 1.19. The van der Waals surface area contributed by atoms with Crippen molar-refractivity contribution < 1.29 is 10.4 Å². The quantitative estimate of drug-likeness (QED) is 0.799. The van der Waals surface area contributed by atoms with E-state index in [0.29, 0.717) is 6.04 Å². The summed E-state index contributed by atoms with van der Waals surface area (Å²) in [4.78, 5) is 4.72. The van der Waals surface area contributed by atoms with Gasteiger partial charge in [-0.3, -0.25) is 4.99 Å². The Labute approximate surface area is 129 Å². The highest BCUT2D eigenvalue weighted by Gasteiger charge is 2.41. The number of nitrogens with two attached hydrogens (primary N) is 1. The highest BCUT2D eigenvalue weighted by molar-refractivity contribution is 9.10. The first-order valence-corrected chi connectivity index (χ1v) is 7.85. The van der Waals surface area contributed by atoms with E-state index in [1.165, 1.54) is 0 Å². The van der Waals surface area contributed by atoms with Crippen LogP contribution in [0.15, 0.2) is 27.7 Å². The van der Waals surface area contributed by atoms with Gasteiger partial charge in [0.2, 0.25) is 0 Å². The number of halogens is 1. The van der Waals surface area contributed by atoms with Crippen LogP contribution >= 0.6 is 15.9 Å². The van der Waals surface area contributed by atoms with Gasteiger partial charge in [0.1, 0.15) is 5.75 Å². The van der Waals surface area contributed by atoms with Gasteiger partial charge in [0.15, 0.2) is 0 Å². The Morgan fingerprint density at radius 1 is 1.25 bits per heavy atom. The molecule has 1 aliphatic rings. The van der Waals surface area contributed by atoms with Crippen LogP contribution in [0.1, 0.15) is 46.1 Å². The zero-order valence-electron chi connectivity index (χ0n) is 12.7. The molecular formula is C16H24BrN2O+. The topological polar surface area (TPSA) is 49.2 Å². The summed E-state index contributed by atoms with van der Waals surface area (Å²) in [5, 5.41) is 12.3. The van der Waals surface area contributed by atoms with Crippen molar-refractivity contribution in [2.75, 3.05) is 0 Å². The molecular weight excluding hydrogens is 316 g/mol. The summed E-state index contributed by atoms with van der Waals surface area (Å²) in [5.74, 6) is 0.276. The maximum absolute atomic E-state index is 9.85. The molecule has 1 heterocycles. The lowest BCUT2D eigenvalue weighted by atomic mass is 9.80. The molecule has 0 aliphatic carbocycles. The zero-order valence-corrected chi connectivity index (χ0v) is 14.2. The number of aliphatic imine (C=N–C) groups is 1. The van der Waals surface area contributed by atoms with E-state index in [9.17, 15) is 5.11 Å². The van der Waals surface area contributed by atoms with Crippen LogP contribution in [0.2, 0.25) is 0 Å². The first-order valence-electron chi connectivity index (χ1n) is 7.06. The molecule has 0 unspecified atom stereocenters. The van der Waals surface area contributed by atoms with Crippen molar-refractivity contribution in [2.24, 2.45) is 4.99 Å². The fraction of sp³-hybridized carbons (Fsp3) is 0.562. The lowest BCUT2D eigenvalue weighted by Gasteiger charge is -2.41. The Kier molecular flexibility index (Phi) is 4.26. The molecule has 1 fully saturated rings. The van der Waals surface area contributed by atoms with Crippen LogP contribution < -0.4 is 5.32 Å². The van der Waals surface area contributed by atoms with Gasteiger partial charge in [-0.25, -0.2) is 0 Å². The minimum Gasteiger partial charge on any atom is -0.507 e. The Balaban J connectivity index is 2.16. The molecule has 4 heteroatoms. The van der Waals surface area contributed by atoms with Crippen molar-refractivity contribution in [3.63, 3.8) is 0 Å². The van der Waals surface area contributed by atoms with Crippen LogP contribution in [0, 0.1) is 0 Å². The summed E-state index contributed by atoms with van der Waals surface area (Å²) < 4.78 is 0.953. The molecule has 2 rings (SSSR count).